The molecule has 0 bridgehead atoms. The number of hydrogen-bond donors (Lipinski definition) is 0. The summed E-state index contributed by atoms with van der Waals surface area (Å²) in [5, 5.41) is 0. The van der Waals surface area contributed by atoms with Gasteiger partial charge in [-0.3, -0.25) is 14.4 Å². The van der Waals surface area contributed by atoms with E-state index in [1.807, 2.05) is 0 Å². The zero-order chi connectivity index (χ0) is 17.1. The zero-order valence-electron chi connectivity index (χ0n) is 14.8. The van der Waals surface area contributed by atoms with E-state index in [0.717, 1.165) is 51.4 Å². The molecule has 0 radical (unpaired) electrons. The van der Waals surface area contributed by atoms with Gasteiger partial charge in [0.25, 0.3) is 0 Å². The Morgan fingerprint density at radius 3 is 2.48 bits per heavy atom. The molecule has 0 amide bonds. The van der Waals surface area contributed by atoms with E-state index in [1.165, 1.54) is 7.11 Å². The summed E-state index contributed by atoms with van der Waals surface area (Å²) in [5.41, 5.74) is 0. The number of Topliss-reactive ketones (excluding diaryl/α,β-unsaturated/α-hetero) is 2. The fourth-order valence-electron chi connectivity index (χ4n) is 3.50. The van der Waals surface area contributed by atoms with E-state index in [1.54, 1.807) is 0 Å². The molecule has 1 rings (SSSR count). The Morgan fingerprint density at radius 1 is 1.04 bits per heavy atom. The van der Waals surface area contributed by atoms with Gasteiger partial charge in [0.1, 0.15) is 11.6 Å². The van der Waals surface area contributed by atoms with Crippen molar-refractivity contribution in [3.8, 4) is 0 Å². The Kier molecular flexibility index (Phi) is 9.81. The fraction of sp³-hybridized carbons (Fsp3) is 0.842. The van der Waals surface area contributed by atoms with E-state index in [9.17, 15) is 14.4 Å². The number of ketones is 2. The van der Waals surface area contributed by atoms with E-state index in [2.05, 4.69) is 11.7 Å². The molecule has 23 heavy (non-hydrogen) atoms. The van der Waals surface area contributed by atoms with Crippen molar-refractivity contribution in [3.63, 3.8) is 0 Å². The van der Waals surface area contributed by atoms with Crippen LogP contribution < -0.4 is 0 Å². The van der Waals surface area contributed by atoms with Crippen molar-refractivity contribution in [1.29, 1.82) is 0 Å². The number of esters is 1. The van der Waals surface area contributed by atoms with Gasteiger partial charge in [-0.15, -0.1) is 0 Å². The van der Waals surface area contributed by atoms with E-state index in [0.29, 0.717) is 43.2 Å². The summed E-state index contributed by atoms with van der Waals surface area (Å²) in [6.45, 7) is 2.14. The third kappa shape index (κ3) is 7.76. The minimum atomic E-state index is -0.183. The predicted molar refractivity (Wildman–Crippen MR) is 90.1 cm³/mol. The molecule has 0 heterocycles. The number of ether oxygens (including phenoxy) is 1. The minimum Gasteiger partial charge on any atom is -0.469 e. The highest BCUT2D eigenvalue weighted by atomic mass is 16.5. The molecule has 0 aliphatic heterocycles. The van der Waals surface area contributed by atoms with Crippen LogP contribution in [0.4, 0.5) is 0 Å². The normalized spacial score (nSPS) is 20.7. The summed E-state index contributed by atoms with van der Waals surface area (Å²) in [6.07, 6.45) is 9.97. The first-order chi connectivity index (χ1) is 11.1. The largest absolute Gasteiger partial charge is 0.469 e. The van der Waals surface area contributed by atoms with Crippen LogP contribution in [0.1, 0.15) is 84.0 Å². The molecule has 132 valence electrons. The maximum absolute atomic E-state index is 12.0. The Morgan fingerprint density at radius 2 is 1.78 bits per heavy atom. The molecular weight excluding hydrogens is 292 g/mol. The molecule has 1 aliphatic rings. The molecule has 1 aliphatic carbocycles. The van der Waals surface area contributed by atoms with Crippen molar-refractivity contribution in [3.05, 3.63) is 0 Å². The minimum absolute atomic E-state index is 0.107. The number of carbonyl (C=O) groups is 3. The monoisotopic (exact) mass is 324 g/mol. The van der Waals surface area contributed by atoms with Gasteiger partial charge in [0.2, 0.25) is 0 Å². The second-order valence-electron chi connectivity index (χ2n) is 6.73. The second-order valence-corrected chi connectivity index (χ2v) is 6.73. The van der Waals surface area contributed by atoms with Gasteiger partial charge in [0.15, 0.2) is 0 Å². The Hall–Kier alpha value is -1.19. The molecule has 0 aromatic rings. The van der Waals surface area contributed by atoms with Gasteiger partial charge in [-0.05, 0) is 38.0 Å². The lowest BCUT2D eigenvalue weighted by Gasteiger charge is -2.18. The van der Waals surface area contributed by atoms with Crippen LogP contribution in [0, 0.1) is 11.8 Å². The quantitative estimate of drug-likeness (QED) is 0.398. The highest BCUT2D eigenvalue weighted by molar-refractivity contribution is 5.83. The van der Waals surface area contributed by atoms with E-state index in [4.69, 9.17) is 0 Å². The lowest BCUT2D eigenvalue weighted by atomic mass is 9.86. The van der Waals surface area contributed by atoms with Crippen molar-refractivity contribution in [2.45, 2.75) is 84.0 Å². The molecule has 4 heteroatoms. The standard InChI is InChI=1S/C19H32O4/c1-3-4-5-8-16(20)13-11-15-12-14-18(21)17(15)9-6-7-10-19(22)23-2/h15,17H,3-14H2,1-2H3/t15-,17-/m0/s1. The van der Waals surface area contributed by atoms with E-state index in [-0.39, 0.29) is 11.9 Å². The maximum Gasteiger partial charge on any atom is 0.305 e. The molecule has 0 unspecified atom stereocenters. The SMILES string of the molecule is CCCCCC(=O)CC[C@H]1CCC(=O)[C@H]1CCCCC(=O)OC. The van der Waals surface area contributed by atoms with Crippen LogP contribution in [0.15, 0.2) is 0 Å². The van der Waals surface area contributed by atoms with Gasteiger partial charge in [-0.25, -0.2) is 0 Å². The molecule has 4 nitrogen and oxygen atoms in total. The molecule has 0 spiro atoms. The molecule has 0 aromatic heterocycles. The first-order valence-corrected chi connectivity index (χ1v) is 9.19. The number of rotatable bonds is 12. The van der Waals surface area contributed by atoms with Crippen molar-refractivity contribution in [2.24, 2.45) is 11.8 Å². The molecule has 1 fully saturated rings. The molecule has 0 aromatic carbocycles. The van der Waals surface area contributed by atoms with Crippen LogP contribution in [0.2, 0.25) is 0 Å². The average Bonchev–Trinajstić information content (AvgIpc) is 2.89. The van der Waals surface area contributed by atoms with Crippen molar-refractivity contribution >= 4 is 17.5 Å². The first kappa shape index (κ1) is 19.9. The molecule has 0 N–H and O–H groups in total. The summed E-state index contributed by atoms with van der Waals surface area (Å²) >= 11 is 0. The maximum atomic E-state index is 12.0. The summed E-state index contributed by atoms with van der Waals surface area (Å²) in [7, 11) is 1.40. The molecule has 1 saturated carbocycles. The molecule has 2 atom stereocenters. The van der Waals surface area contributed by atoms with Crippen LogP contribution in [0.25, 0.3) is 0 Å². The highest BCUT2D eigenvalue weighted by Gasteiger charge is 2.33. The summed E-state index contributed by atoms with van der Waals surface area (Å²) < 4.78 is 4.63. The molecule has 0 saturated heterocycles. The predicted octanol–water partition coefficient (Wildman–Crippen LogP) is 4.24. The van der Waals surface area contributed by atoms with Gasteiger partial charge < -0.3 is 4.74 Å². The summed E-state index contributed by atoms with van der Waals surface area (Å²) in [5.74, 6) is 0.998. The first-order valence-electron chi connectivity index (χ1n) is 9.19. The van der Waals surface area contributed by atoms with Gasteiger partial charge in [-0.2, -0.15) is 0 Å². The van der Waals surface area contributed by atoms with Crippen molar-refractivity contribution < 1.29 is 19.1 Å². The van der Waals surface area contributed by atoms with Crippen molar-refractivity contribution in [1.82, 2.24) is 0 Å². The van der Waals surface area contributed by atoms with Crippen LogP contribution in [-0.2, 0) is 19.1 Å². The van der Waals surface area contributed by atoms with Crippen molar-refractivity contribution in [2.75, 3.05) is 7.11 Å². The summed E-state index contributed by atoms with van der Waals surface area (Å²) in [6, 6.07) is 0. The Balaban J connectivity index is 2.26. The lowest BCUT2D eigenvalue weighted by molar-refractivity contribution is -0.140. The summed E-state index contributed by atoms with van der Waals surface area (Å²) in [4.78, 5) is 35.0. The number of unbranched alkanes of at least 4 members (excludes halogenated alkanes) is 3. The smallest absolute Gasteiger partial charge is 0.305 e. The second kappa shape index (κ2) is 11.4. The van der Waals surface area contributed by atoms with Crippen LogP contribution in [0.3, 0.4) is 0 Å². The number of methoxy groups -OCH3 is 1. The van der Waals surface area contributed by atoms with E-state index >= 15 is 0 Å². The highest BCUT2D eigenvalue weighted by Crippen LogP contribution is 2.36. The average molecular weight is 324 g/mol. The zero-order valence-corrected chi connectivity index (χ0v) is 14.8. The lowest BCUT2D eigenvalue weighted by Crippen LogP contribution is -2.16. The topological polar surface area (TPSA) is 60.4 Å². The van der Waals surface area contributed by atoms with Gasteiger partial charge in [0, 0.05) is 31.6 Å². The van der Waals surface area contributed by atoms with Gasteiger partial charge in [-0.1, -0.05) is 26.2 Å². The number of carbonyl (C=O) groups excluding carboxylic acids is 3. The van der Waals surface area contributed by atoms with E-state index < -0.39 is 0 Å². The van der Waals surface area contributed by atoms with Crippen LogP contribution in [0.5, 0.6) is 0 Å². The fourth-order valence-corrected chi connectivity index (χ4v) is 3.50. The van der Waals surface area contributed by atoms with Crippen LogP contribution >= 0.6 is 0 Å². The van der Waals surface area contributed by atoms with Gasteiger partial charge >= 0.3 is 5.97 Å². The Bertz CT molecular complexity index is 389. The van der Waals surface area contributed by atoms with Gasteiger partial charge in [0.05, 0.1) is 7.11 Å². The molecular formula is C19H32O4. The van der Waals surface area contributed by atoms with Crippen LogP contribution in [-0.4, -0.2) is 24.6 Å². The Labute approximate surface area is 140 Å². The third-order valence-corrected chi connectivity index (χ3v) is 4.97. The third-order valence-electron chi connectivity index (χ3n) is 4.97. The number of hydrogen-bond acceptors (Lipinski definition) is 4.